The first-order valence-corrected chi connectivity index (χ1v) is 6.08. The standard InChI is InChI=1S/C15H12N2/c1-2-6-14-12(5-1)15-11(9-16-14)8-10-4-3-7-13(10)17-15/h1-2,5-6,8-9H,3-4,7H2. The molecule has 1 aliphatic rings. The predicted octanol–water partition coefficient (Wildman–Crippen LogP) is 3.27. The van der Waals surface area contributed by atoms with Crippen LogP contribution < -0.4 is 0 Å². The van der Waals surface area contributed by atoms with Crippen molar-refractivity contribution in [1.29, 1.82) is 0 Å². The summed E-state index contributed by atoms with van der Waals surface area (Å²) in [6, 6.07) is 10.5. The normalized spacial score (nSPS) is 14.4. The maximum atomic E-state index is 4.84. The molecule has 0 spiro atoms. The number of fused-ring (bicyclic) bond motifs is 4. The van der Waals surface area contributed by atoms with Crippen LogP contribution in [0.15, 0.2) is 36.5 Å². The van der Waals surface area contributed by atoms with Crippen molar-refractivity contribution in [1.82, 2.24) is 9.97 Å². The van der Waals surface area contributed by atoms with Gasteiger partial charge in [0.15, 0.2) is 0 Å². The molecule has 4 rings (SSSR count). The summed E-state index contributed by atoms with van der Waals surface area (Å²) >= 11 is 0. The van der Waals surface area contributed by atoms with Crippen molar-refractivity contribution in [2.75, 3.05) is 0 Å². The fourth-order valence-electron chi connectivity index (χ4n) is 2.73. The Hall–Kier alpha value is -1.96. The minimum atomic E-state index is 1.03. The lowest BCUT2D eigenvalue weighted by Crippen LogP contribution is -1.91. The number of nitrogens with zero attached hydrogens (tertiary/aromatic N) is 2. The molecule has 0 saturated heterocycles. The minimum absolute atomic E-state index is 1.03. The molecule has 0 unspecified atom stereocenters. The van der Waals surface area contributed by atoms with Crippen molar-refractivity contribution in [3.63, 3.8) is 0 Å². The van der Waals surface area contributed by atoms with E-state index in [1.807, 2.05) is 18.3 Å². The van der Waals surface area contributed by atoms with Gasteiger partial charge in [0.25, 0.3) is 0 Å². The summed E-state index contributed by atoms with van der Waals surface area (Å²) in [7, 11) is 0. The average Bonchev–Trinajstić information content (AvgIpc) is 2.83. The highest BCUT2D eigenvalue weighted by molar-refractivity contribution is 6.03. The molecule has 2 aromatic heterocycles. The van der Waals surface area contributed by atoms with Crippen LogP contribution in [0.1, 0.15) is 17.7 Å². The van der Waals surface area contributed by atoms with E-state index in [-0.39, 0.29) is 0 Å². The Morgan fingerprint density at radius 1 is 1.06 bits per heavy atom. The molecule has 0 fully saturated rings. The first kappa shape index (κ1) is 9.11. The minimum Gasteiger partial charge on any atom is -0.255 e. The van der Waals surface area contributed by atoms with Gasteiger partial charge in [-0.25, -0.2) is 0 Å². The second kappa shape index (κ2) is 3.27. The SMILES string of the molecule is c1ccc2c(c1)ncc1cc3c(nc12)CCC3. The molecule has 2 nitrogen and oxygen atoms in total. The number of rotatable bonds is 0. The number of pyridine rings is 2. The Kier molecular flexibility index (Phi) is 1.75. The third kappa shape index (κ3) is 1.27. The Bertz CT molecular complexity index is 731. The molecule has 0 atom stereocenters. The van der Waals surface area contributed by atoms with Crippen molar-refractivity contribution >= 4 is 21.8 Å². The van der Waals surface area contributed by atoms with Crippen LogP contribution in [0.3, 0.4) is 0 Å². The van der Waals surface area contributed by atoms with E-state index in [0.717, 1.165) is 17.5 Å². The molecular formula is C15H12N2. The number of benzene rings is 1. The van der Waals surface area contributed by atoms with Crippen molar-refractivity contribution in [3.8, 4) is 0 Å². The number of hydrogen-bond acceptors (Lipinski definition) is 2. The second-order valence-electron chi connectivity index (χ2n) is 4.66. The summed E-state index contributed by atoms with van der Waals surface area (Å²) < 4.78 is 0. The van der Waals surface area contributed by atoms with E-state index in [1.165, 1.54) is 34.9 Å². The highest BCUT2D eigenvalue weighted by atomic mass is 14.7. The molecular weight excluding hydrogens is 208 g/mol. The lowest BCUT2D eigenvalue weighted by atomic mass is 10.1. The first-order valence-electron chi connectivity index (χ1n) is 6.08. The average molecular weight is 220 g/mol. The number of hydrogen-bond donors (Lipinski definition) is 0. The Morgan fingerprint density at radius 2 is 2.00 bits per heavy atom. The Labute approximate surface area is 99.3 Å². The van der Waals surface area contributed by atoms with Gasteiger partial charge in [0.2, 0.25) is 0 Å². The second-order valence-corrected chi connectivity index (χ2v) is 4.66. The molecule has 2 heteroatoms. The van der Waals surface area contributed by atoms with E-state index in [1.54, 1.807) is 0 Å². The molecule has 0 aliphatic heterocycles. The molecule has 2 heterocycles. The quantitative estimate of drug-likeness (QED) is 0.543. The zero-order valence-corrected chi connectivity index (χ0v) is 9.48. The maximum Gasteiger partial charge on any atom is 0.0814 e. The van der Waals surface area contributed by atoms with Gasteiger partial charge in [-0.1, -0.05) is 18.2 Å². The van der Waals surface area contributed by atoms with Crippen LogP contribution in [0.5, 0.6) is 0 Å². The molecule has 82 valence electrons. The molecule has 17 heavy (non-hydrogen) atoms. The first-order chi connectivity index (χ1) is 8.42. The molecule has 0 saturated carbocycles. The fraction of sp³-hybridized carbons (Fsp3) is 0.200. The lowest BCUT2D eigenvalue weighted by molar-refractivity contribution is 0.901. The molecule has 0 N–H and O–H groups in total. The largest absolute Gasteiger partial charge is 0.255 e. The van der Waals surface area contributed by atoms with E-state index in [0.29, 0.717) is 0 Å². The maximum absolute atomic E-state index is 4.84. The summed E-state index contributed by atoms with van der Waals surface area (Å²) in [6.45, 7) is 0. The van der Waals surface area contributed by atoms with Gasteiger partial charge in [0.1, 0.15) is 0 Å². The number of para-hydroxylation sites is 1. The Morgan fingerprint density at radius 3 is 3.00 bits per heavy atom. The molecule has 0 radical (unpaired) electrons. The number of aromatic nitrogens is 2. The predicted molar refractivity (Wildman–Crippen MR) is 69.1 cm³/mol. The van der Waals surface area contributed by atoms with Crippen molar-refractivity contribution < 1.29 is 0 Å². The van der Waals surface area contributed by atoms with Gasteiger partial charge in [-0.15, -0.1) is 0 Å². The van der Waals surface area contributed by atoms with E-state index < -0.39 is 0 Å². The summed E-state index contributed by atoms with van der Waals surface area (Å²) in [5, 5.41) is 2.34. The summed E-state index contributed by atoms with van der Waals surface area (Å²) in [5.41, 5.74) is 4.84. The molecule has 3 aromatic rings. The molecule has 1 aliphatic carbocycles. The molecule has 0 amide bonds. The molecule has 0 bridgehead atoms. The van der Waals surface area contributed by atoms with Gasteiger partial charge < -0.3 is 0 Å². The smallest absolute Gasteiger partial charge is 0.0814 e. The van der Waals surface area contributed by atoms with Crippen LogP contribution in [-0.2, 0) is 12.8 Å². The summed E-state index contributed by atoms with van der Waals surface area (Å²) in [6.07, 6.45) is 5.49. The van der Waals surface area contributed by atoms with E-state index in [4.69, 9.17) is 4.98 Å². The number of aryl methyl sites for hydroxylation is 2. The summed E-state index contributed by atoms with van der Waals surface area (Å²) in [4.78, 5) is 9.34. The van der Waals surface area contributed by atoms with Gasteiger partial charge >= 0.3 is 0 Å². The topological polar surface area (TPSA) is 25.8 Å². The monoisotopic (exact) mass is 220 g/mol. The third-order valence-corrected chi connectivity index (χ3v) is 3.58. The van der Waals surface area contributed by atoms with Gasteiger partial charge in [0, 0.05) is 22.7 Å². The van der Waals surface area contributed by atoms with Crippen LogP contribution in [0.4, 0.5) is 0 Å². The third-order valence-electron chi connectivity index (χ3n) is 3.58. The van der Waals surface area contributed by atoms with Gasteiger partial charge in [-0.3, -0.25) is 9.97 Å². The zero-order chi connectivity index (χ0) is 11.2. The van der Waals surface area contributed by atoms with E-state index in [9.17, 15) is 0 Å². The van der Waals surface area contributed by atoms with Crippen molar-refractivity contribution in [3.05, 3.63) is 47.8 Å². The van der Waals surface area contributed by atoms with Crippen LogP contribution >= 0.6 is 0 Å². The van der Waals surface area contributed by atoms with Crippen LogP contribution in [0.25, 0.3) is 21.8 Å². The fourth-order valence-corrected chi connectivity index (χ4v) is 2.73. The van der Waals surface area contributed by atoms with Crippen molar-refractivity contribution in [2.24, 2.45) is 0 Å². The van der Waals surface area contributed by atoms with E-state index in [2.05, 4.69) is 23.2 Å². The highest BCUT2D eigenvalue weighted by Gasteiger charge is 2.14. The van der Waals surface area contributed by atoms with E-state index >= 15 is 0 Å². The molecule has 1 aromatic carbocycles. The van der Waals surface area contributed by atoms with Crippen LogP contribution in [-0.4, -0.2) is 9.97 Å². The van der Waals surface area contributed by atoms with Gasteiger partial charge in [0.05, 0.1) is 11.0 Å². The van der Waals surface area contributed by atoms with Crippen molar-refractivity contribution in [2.45, 2.75) is 19.3 Å². The van der Waals surface area contributed by atoms with Gasteiger partial charge in [-0.2, -0.15) is 0 Å². The Balaban J connectivity index is 2.19. The zero-order valence-electron chi connectivity index (χ0n) is 9.48. The van der Waals surface area contributed by atoms with Crippen LogP contribution in [0.2, 0.25) is 0 Å². The summed E-state index contributed by atoms with van der Waals surface area (Å²) in [5.74, 6) is 0. The van der Waals surface area contributed by atoms with Crippen LogP contribution in [0, 0.1) is 0 Å². The highest BCUT2D eigenvalue weighted by Crippen LogP contribution is 2.27. The lowest BCUT2D eigenvalue weighted by Gasteiger charge is -2.05. The van der Waals surface area contributed by atoms with Gasteiger partial charge in [-0.05, 0) is 37.0 Å².